The molecule has 0 saturated carbocycles. The molecule has 2 aromatic carbocycles. The molecule has 2 aliphatic rings. The lowest BCUT2D eigenvalue weighted by Gasteiger charge is -2.29. The largest absolute Gasteiger partial charge is 0.485 e. The number of hydrogen-bond acceptors (Lipinski definition) is 8. The number of rotatable bonds is 10. The molecule has 0 radical (unpaired) electrons. The molecule has 2 aliphatic heterocycles. The highest BCUT2D eigenvalue weighted by Gasteiger charge is 2.52. The van der Waals surface area contributed by atoms with E-state index >= 15 is 0 Å². The van der Waals surface area contributed by atoms with Gasteiger partial charge in [0.1, 0.15) is 35.9 Å². The normalized spacial score (nSPS) is 29.0. The number of carbonyl (C=O) groups is 1. The molecule has 0 aromatic heterocycles. The zero-order valence-electron chi connectivity index (χ0n) is 24.2. The fourth-order valence-corrected chi connectivity index (χ4v) is 6.28. The van der Waals surface area contributed by atoms with Crippen LogP contribution in [0.15, 0.2) is 54.6 Å². The zero-order valence-corrected chi connectivity index (χ0v) is 25.1. The quantitative estimate of drug-likeness (QED) is 0.257. The van der Waals surface area contributed by atoms with Gasteiger partial charge in [0.15, 0.2) is 5.67 Å². The van der Waals surface area contributed by atoms with E-state index in [1.54, 1.807) is 26.0 Å². The van der Waals surface area contributed by atoms with E-state index < -0.39 is 56.4 Å². The number of halogens is 1. The fraction of sp³-hybridized carbons (Fsp3) is 0.500. The molecule has 4 rings (SSSR count). The summed E-state index contributed by atoms with van der Waals surface area (Å²) in [5, 5.41) is 13.0. The van der Waals surface area contributed by atoms with Crippen LogP contribution in [0, 0.1) is 0 Å². The van der Waals surface area contributed by atoms with Crippen molar-refractivity contribution in [2.24, 2.45) is 0 Å². The molecule has 0 bridgehead atoms. The van der Waals surface area contributed by atoms with Gasteiger partial charge in [-0.1, -0.05) is 36.4 Å². The predicted octanol–water partition coefficient (Wildman–Crippen LogP) is 5.92. The summed E-state index contributed by atoms with van der Waals surface area (Å²) in [6, 6.07) is 13.8. The third kappa shape index (κ3) is 7.19. The van der Waals surface area contributed by atoms with Crippen LogP contribution in [-0.4, -0.2) is 53.8 Å². The number of carbonyl (C=O) groups excluding carboxylic acids is 1. The van der Waals surface area contributed by atoms with Crippen LogP contribution in [0.2, 0.25) is 0 Å². The summed E-state index contributed by atoms with van der Waals surface area (Å²) in [5.41, 5.74) is 0.963. The van der Waals surface area contributed by atoms with Gasteiger partial charge in [-0.15, -0.1) is 0 Å². The van der Waals surface area contributed by atoms with Crippen molar-refractivity contribution in [2.45, 2.75) is 90.2 Å². The lowest BCUT2D eigenvalue weighted by Crippen LogP contribution is -2.41. The Bertz CT molecular complexity index is 1300. The van der Waals surface area contributed by atoms with Crippen molar-refractivity contribution in [1.82, 2.24) is 5.09 Å². The molecule has 224 valence electrons. The second-order valence-electron chi connectivity index (χ2n) is 10.8. The number of hydrogen-bond donors (Lipinski definition) is 2. The molecular weight excluding hydrogens is 552 g/mol. The number of aliphatic hydroxyl groups excluding tert-OH is 1. The first kappa shape index (κ1) is 31.2. The van der Waals surface area contributed by atoms with Gasteiger partial charge < -0.3 is 23.8 Å². The summed E-state index contributed by atoms with van der Waals surface area (Å²) in [4.78, 5) is 12.5. The molecule has 2 heterocycles. The van der Waals surface area contributed by atoms with Crippen LogP contribution < -0.4 is 14.3 Å². The van der Waals surface area contributed by atoms with Crippen molar-refractivity contribution in [1.29, 1.82) is 0 Å². The molecule has 0 spiro atoms. The maximum atomic E-state index is 14.8. The molecule has 41 heavy (non-hydrogen) atoms. The summed E-state index contributed by atoms with van der Waals surface area (Å²) < 4.78 is 57.4. The second-order valence-corrected chi connectivity index (χ2v) is 12.5. The molecule has 1 fully saturated rings. The molecule has 9 nitrogen and oxygen atoms in total. The first-order valence-electron chi connectivity index (χ1n) is 13.8. The van der Waals surface area contributed by atoms with E-state index in [9.17, 15) is 18.9 Å². The first-order valence-corrected chi connectivity index (χ1v) is 15.3. The molecule has 2 aromatic rings. The highest BCUT2D eigenvalue weighted by atomic mass is 31.2. The average molecular weight is 592 g/mol. The van der Waals surface area contributed by atoms with Gasteiger partial charge in [0, 0.05) is 18.1 Å². The van der Waals surface area contributed by atoms with Gasteiger partial charge in [0.05, 0.1) is 18.8 Å². The van der Waals surface area contributed by atoms with Crippen molar-refractivity contribution >= 4 is 19.3 Å². The van der Waals surface area contributed by atoms with Crippen molar-refractivity contribution < 1.29 is 42.1 Å². The molecule has 0 amide bonds. The Morgan fingerprint density at radius 2 is 1.95 bits per heavy atom. The molecule has 7 unspecified atom stereocenters. The number of alkyl halides is 1. The number of ether oxygens (including phenoxy) is 3. The van der Waals surface area contributed by atoms with Crippen molar-refractivity contribution in [3.63, 3.8) is 0 Å². The topological polar surface area (TPSA) is 113 Å². The Hall–Kier alpha value is -2.75. The van der Waals surface area contributed by atoms with Crippen LogP contribution in [0.3, 0.4) is 0 Å². The zero-order chi connectivity index (χ0) is 29.9. The molecular formula is C30H39FNO8P. The minimum absolute atomic E-state index is 0.157. The summed E-state index contributed by atoms with van der Waals surface area (Å²) in [6.07, 6.45) is -1.43. The molecule has 11 heteroatoms. The van der Waals surface area contributed by atoms with Crippen molar-refractivity contribution in [3.05, 3.63) is 65.7 Å². The first-order chi connectivity index (χ1) is 19.3. The van der Waals surface area contributed by atoms with Crippen molar-refractivity contribution in [3.8, 4) is 11.5 Å². The number of allylic oxidation sites excluding steroid dienone is 1. The van der Waals surface area contributed by atoms with Gasteiger partial charge in [-0.05, 0) is 64.8 Å². The Morgan fingerprint density at radius 1 is 1.24 bits per heavy atom. The monoisotopic (exact) mass is 591 g/mol. The number of esters is 1. The molecule has 7 atom stereocenters. The van der Waals surface area contributed by atoms with E-state index in [4.69, 9.17) is 23.3 Å². The van der Waals surface area contributed by atoms with Crippen LogP contribution in [0.1, 0.15) is 65.2 Å². The van der Waals surface area contributed by atoms with Gasteiger partial charge in [-0.2, -0.15) is 5.09 Å². The summed E-state index contributed by atoms with van der Waals surface area (Å²) >= 11 is 0. The molecule has 0 aliphatic carbocycles. The Morgan fingerprint density at radius 3 is 2.56 bits per heavy atom. The minimum Gasteiger partial charge on any atom is -0.485 e. The van der Waals surface area contributed by atoms with Crippen LogP contribution in [0.5, 0.6) is 11.5 Å². The average Bonchev–Trinajstić information content (AvgIpc) is 3.13. The summed E-state index contributed by atoms with van der Waals surface area (Å²) in [7, 11) is -4.30. The van der Waals surface area contributed by atoms with E-state index in [1.165, 1.54) is 20.8 Å². The Labute approximate surface area is 240 Å². The molecule has 2 N–H and O–H groups in total. The van der Waals surface area contributed by atoms with E-state index in [1.807, 2.05) is 49.4 Å². The number of fused-ring (bicyclic) bond motifs is 1. The van der Waals surface area contributed by atoms with Crippen molar-refractivity contribution in [2.75, 3.05) is 6.61 Å². The lowest BCUT2D eigenvalue weighted by molar-refractivity contribution is -0.149. The maximum absolute atomic E-state index is 14.8. The van der Waals surface area contributed by atoms with Crippen LogP contribution in [0.25, 0.3) is 5.57 Å². The van der Waals surface area contributed by atoms with E-state index in [0.29, 0.717) is 12.2 Å². The van der Waals surface area contributed by atoms with E-state index in [2.05, 4.69) is 5.09 Å². The van der Waals surface area contributed by atoms with E-state index in [0.717, 1.165) is 16.7 Å². The highest BCUT2D eigenvalue weighted by Crippen LogP contribution is 2.49. The summed E-state index contributed by atoms with van der Waals surface area (Å²) in [6.45, 7) is 9.08. The summed E-state index contributed by atoms with van der Waals surface area (Å²) in [5.74, 6) is 0.0302. The van der Waals surface area contributed by atoms with E-state index in [-0.39, 0.29) is 11.9 Å². The third-order valence-corrected chi connectivity index (χ3v) is 8.93. The Kier molecular flexibility index (Phi) is 9.61. The smallest absolute Gasteiger partial charge is 0.459 e. The van der Waals surface area contributed by atoms with Gasteiger partial charge in [0.2, 0.25) is 0 Å². The van der Waals surface area contributed by atoms with Gasteiger partial charge in [-0.3, -0.25) is 9.32 Å². The number of aliphatic hydroxyl groups is 1. The lowest BCUT2D eigenvalue weighted by atomic mass is 9.92. The van der Waals surface area contributed by atoms with Crippen LogP contribution in [-0.2, 0) is 23.4 Å². The van der Waals surface area contributed by atoms with Gasteiger partial charge >= 0.3 is 13.7 Å². The Balaban J connectivity index is 1.58. The molecule has 1 saturated heterocycles. The number of nitrogens with one attached hydrogen (secondary N) is 1. The standard InChI is InChI=1S/C30H39FNO8P/c1-7-21-15-25(22-11-9-8-10-12-22)39-26-16-23(13-14-24(21)26)40-41(35,32-19(4)29(34)37-18(2)3)36-17-27-28(33)30(6,31)20(5)38-27/h7-14,16,18-20,25,27-28,33H,15,17H2,1-6H3,(H,32,35). The number of benzene rings is 2. The maximum Gasteiger partial charge on any atom is 0.459 e. The van der Waals surface area contributed by atoms with Gasteiger partial charge in [0.25, 0.3) is 0 Å². The predicted molar refractivity (Wildman–Crippen MR) is 152 cm³/mol. The minimum atomic E-state index is -4.30. The fourth-order valence-electron chi connectivity index (χ4n) is 4.78. The SMILES string of the molecule is CC=C1CC(c2ccccc2)Oc2cc(OP(=O)(NC(C)C(=O)OC(C)C)OCC3OC(C)C(C)(F)C3O)ccc21. The van der Waals surface area contributed by atoms with Gasteiger partial charge in [-0.25, -0.2) is 8.96 Å². The van der Waals surface area contributed by atoms with Crippen LogP contribution in [0.4, 0.5) is 4.39 Å². The third-order valence-electron chi connectivity index (χ3n) is 7.29. The highest BCUT2D eigenvalue weighted by molar-refractivity contribution is 7.52. The second kappa shape index (κ2) is 12.6. The van der Waals surface area contributed by atoms with Crippen LogP contribution >= 0.6 is 7.75 Å².